The lowest BCUT2D eigenvalue weighted by Gasteiger charge is -2.35. The van der Waals surface area contributed by atoms with Crippen LogP contribution in [0.5, 0.6) is 0 Å². The zero-order valence-electron chi connectivity index (χ0n) is 30.4. The molecule has 0 saturated carbocycles. The largest absolute Gasteiger partial charge is 0.330 e. The first-order valence-corrected chi connectivity index (χ1v) is 17.9. The summed E-state index contributed by atoms with van der Waals surface area (Å²) in [6.07, 6.45) is 3.84. The number of carbonyl (C=O) groups excluding carboxylic acids is 3. The van der Waals surface area contributed by atoms with Gasteiger partial charge in [0.2, 0.25) is 11.9 Å². The Hall–Kier alpha value is -7.21. The predicted octanol–water partition coefficient (Wildman–Crippen LogP) is 7.46. The van der Waals surface area contributed by atoms with Crippen molar-refractivity contribution in [1.29, 1.82) is 0 Å². The van der Waals surface area contributed by atoms with E-state index in [1.165, 1.54) is 4.90 Å². The second kappa shape index (κ2) is 14.7. The Bertz CT molecular complexity index is 2470. The summed E-state index contributed by atoms with van der Waals surface area (Å²) in [7, 11) is 1.67. The number of hydrogen-bond donors (Lipinski definition) is 3. The summed E-state index contributed by atoms with van der Waals surface area (Å²) >= 11 is 0. The average Bonchev–Trinajstić information content (AvgIpc) is 3.34. The van der Waals surface area contributed by atoms with Gasteiger partial charge in [-0.15, -0.1) is 0 Å². The van der Waals surface area contributed by atoms with Crippen molar-refractivity contribution in [3.8, 4) is 0 Å². The Labute approximate surface area is 318 Å². The number of nitrogens with one attached hydrogen (secondary N) is 3. The van der Waals surface area contributed by atoms with Crippen LogP contribution in [0.25, 0.3) is 0 Å². The minimum absolute atomic E-state index is 0.240. The summed E-state index contributed by atoms with van der Waals surface area (Å²) in [4.78, 5) is 62.7. The Kier molecular flexibility index (Phi) is 9.29. The summed E-state index contributed by atoms with van der Waals surface area (Å²) < 4.78 is 0. The maximum Gasteiger partial charge on any atom is 0.330 e. The first-order valence-electron chi connectivity index (χ1n) is 17.9. The standard InChI is InChI=1S/C43H37N9O3/c1-26-14-17-32(22-37(26)52-25-31-23-45-42(50-39(31)51(3)43(52)55)47-33-18-15-27(2)44-24-33)46-40(53)30-16-19-34-35(21-30)49-41(54)36(20-28-10-6-4-7-11-28)48-38(34)29-12-8-5-9-13-29/h4-19,21-24,36H,20,25H2,1-3H3,(H,46,53)(H,49,54)(H,45,47,50)/t36-/m1/s1. The highest BCUT2D eigenvalue weighted by molar-refractivity contribution is 6.20. The third-order valence-corrected chi connectivity index (χ3v) is 9.63. The van der Waals surface area contributed by atoms with Crippen LogP contribution in [0.3, 0.4) is 0 Å². The molecule has 2 aliphatic rings. The first kappa shape index (κ1) is 34.9. The van der Waals surface area contributed by atoms with E-state index in [1.54, 1.807) is 48.6 Å². The van der Waals surface area contributed by atoms with E-state index in [0.717, 1.165) is 39.2 Å². The van der Waals surface area contributed by atoms with Crippen LogP contribution in [-0.2, 0) is 17.8 Å². The van der Waals surface area contributed by atoms with Crippen molar-refractivity contribution >= 4 is 58.1 Å². The third-order valence-electron chi connectivity index (χ3n) is 9.63. The molecule has 55 heavy (non-hydrogen) atoms. The summed E-state index contributed by atoms with van der Waals surface area (Å²) in [5.74, 6) is 0.227. The lowest BCUT2D eigenvalue weighted by molar-refractivity contribution is -0.117. The lowest BCUT2D eigenvalue weighted by Crippen LogP contribution is -2.46. The maximum atomic E-state index is 13.8. The smallest absolute Gasteiger partial charge is 0.324 e. The minimum Gasteiger partial charge on any atom is -0.324 e. The highest BCUT2D eigenvalue weighted by Gasteiger charge is 2.32. The van der Waals surface area contributed by atoms with Crippen molar-refractivity contribution in [2.75, 3.05) is 32.8 Å². The number of benzodiazepines with no additional fused rings is 1. The van der Waals surface area contributed by atoms with Crippen molar-refractivity contribution in [2.45, 2.75) is 32.9 Å². The number of benzene rings is 4. The van der Waals surface area contributed by atoms with Crippen molar-refractivity contribution in [3.63, 3.8) is 0 Å². The Morgan fingerprint density at radius 2 is 1.62 bits per heavy atom. The Balaban J connectivity index is 1.03. The number of fused-ring (bicyclic) bond motifs is 2. The molecule has 4 aromatic carbocycles. The molecule has 2 aliphatic heterocycles. The van der Waals surface area contributed by atoms with Gasteiger partial charge in [-0.25, -0.2) is 9.78 Å². The molecule has 12 heteroatoms. The summed E-state index contributed by atoms with van der Waals surface area (Å²) in [6, 6.07) is 33.0. The minimum atomic E-state index is -0.668. The van der Waals surface area contributed by atoms with Crippen LogP contribution in [0, 0.1) is 13.8 Å². The zero-order chi connectivity index (χ0) is 38.1. The molecule has 2 aromatic heterocycles. The molecule has 1 atom stereocenters. The summed E-state index contributed by atoms with van der Waals surface area (Å²) in [5, 5.41) is 9.18. The van der Waals surface area contributed by atoms with Crippen LogP contribution in [0.4, 0.5) is 39.3 Å². The van der Waals surface area contributed by atoms with Crippen LogP contribution < -0.4 is 25.8 Å². The Morgan fingerprint density at radius 1 is 0.855 bits per heavy atom. The third kappa shape index (κ3) is 7.25. The number of aliphatic imine (C=N–C) groups is 1. The molecule has 0 spiro atoms. The lowest BCUT2D eigenvalue weighted by atomic mass is 9.98. The van der Waals surface area contributed by atoms with Gasteiger partial charge in [0, 0.05) is 53.3 Å². The second-order valence-corrected chi connectivity index (χ2v) is 13.5. The van der Waals surface area contributed by atoms with Gasteiger partial charge in [-0.1, -0.05) is 66.7 Å². The number of amides is 4. The number of nitrogens with zero attached hydrogens (tertiary/aromatic N) is 6. The number of urea groups is 1. The van der Waals surface area contributed by atoms with Gasteiger partial charge >= 0.3 is 6.03 Å². The van der Waals surface area contributed by atoms with E-state index < -0.39 is 6.04 Å². The molecule has 6 aromatic rings. The number of hydrogen-bond acceptors (Lipinski definition) is 8. The number of aryl methyl sites for hydroxylation is 2. The molecule has 3 N–H and O–H groups in total. The molecule has 4 heterocycles. The van der Waals surface area contributed by atoms with Crippen molar-refractivity contribution < 1.29 is 14.4 Å². The predicted molar refractivity (Wildman–Crippen MR) is 214 cm³/mol. The van der Waals surface area contributed by atoms with E-state index in [0.29, 0.717) is 46.5 Å². The van der Waals surface area contributed by atoms with Crippen LogP contribution in [0.15, 0.2) is 127 Å². The number of aromatic nitrogens is 3. The van der Waals surface area contributed by atoms with E-state index in [1.807, 2.05) is 98.8 Å². The second-order valence-electron chi connectivity index (χ2n) is 13.5. The topological polar surface area (TPSA) is 145 Å². The van der Waals surface area contributed by atoms with Gasteiger partial charge in [-0.3, -0.25) is 29.4 Å². The van der Waals surface area contributed by atoms with Crippen molar-refractivity contribution in [2.24, 2.45) is 4.99 Å². The molecule has 8 rings (SSSR count). The van der Waals surface area contributed by atoms with Gasteiger partial charge in [0.1, 0.15) is 11.9 Å². The van der Waals surface area contributed by atoms with Gasteiger partial charge in [0.15, 0.2) is 0 Å². The van der Waals surface area contributed by atoms with E-state index in [4.69, 9.17) is 4.99 Å². The first-order chi connectivity index (χ1) is 26.7. The van der Waals surface area contributed by atoms with Gasteiger partial charge in [-0.05, 0) is 67.4 Å². The van der Waals surface area contributed by atoms with Crippen LogP contribution in [0.2, 0.25) is 0 Å². The monoisotopic (exact) mass is 727 g/mol. The fourth-order valence-electron chi connectivity index (χ4n) is 6.71. The Morgan fingerprint density at radius 3 is 2.38 bits per heavy atom. The molecule has 0 bridgehead atoms. The normalized spacial score (nSPS) is 15.0. The number of anilines is 6. The maximum absolute atomic E-state index is 13.8. The molecule has 12 nitrogen and oxygen atoms in total. The molecule has 0 saturated heterocycles. The van der Waals surface area contributed by atoms with Crippen molar-refractivity contribution in [3.05, 3.63) is 161 Å². The molecule has 272 valence electrons. The van der Waals surface area contributed by atoms with Gasteiger partial charge in [0.25, 0.3) is 5.91 Å². The fraction of sp³-hybridized carbons (Fsp3) is 0.140. The van der Waals surface area contributed by atoms with Crippen LogP contribution in [0.1, 0.15) is 43.9 Å². The number of carbonyl (C=O) groups is 3. The molecular weight excluding hydrogens is 691 g/mol. The molecule has 0 radical (unpaired) electrons. The highest BCUT2D eigenvalue weighted by atomic mass is 16.2. The van der Waals surface area contributed by atoms with E-state index >= 15 is 0 Å². The molecular formula is C43H37N9O3. The van der Waals surface area contributed by atoms with Gasteiger partial charge in [-0.2, -0.15) is 4.98 Å². The SMILES string of the molecule is Cc1ccc(Nc2ncc3c(n2)N(C)C(=O)N(c2cc(NC(=O)c4ccc5c(c4)NC(=O)[C@@H](Cc4ccccc4)N=C5c4ccccc4)ccc2C)C3)cn1. The summed E-state index contributed by atoms with van der Waals surface area (Å²) in [6.45, 7) is 4.06. The van der Waals surface area contributed by atoms with E-state index in [2.05, 4.69) is 30.9 Å². The quantitative estimate of drug-likeness (QED) is 0.148. The molecule has 0 unspecified atom stereocenters. The van der Waals surface area contributed by atoms with E-state index in [9.17, 15) is 14.4 Å². The molecule has 0 aliphatic carbocycles. The van der Waals surface area contributed by atoms with E-state index in [-0.39, 0.29) is 24.4 Å². The van der Waals surface area contributed by atoms with Crippen LogP contribution >= 0.6 is 0 Å². The number of rotatable bonds is 8. The highest BCUT2D eigenvalue weighted by Crippen LogP contribution is 2.34. The zero-order valence-corrected chi connectivity index (χ0v) is 30.4. The number of pyridine rings is 1. The fourth-order valence-corrected chi connectivity index (χ4v) is 6.71. The molecule has 0 fully saturated rings. The van der Waals surface area contributed by atoms with Gasteiger partial charge in [0.05, 0.1) is 35.5 Å². The average molecular weight is 728 g/mol. The van der Waals surface area contributed by atoms with Crippen LogP contribution in [-0.4, -0.2) is 51.6 Å². The molecule has 4 amide bonds. The summed E-state index contributed by atoms with van der Waals surface area (Å²) in [5.41, 5.74) is 8.48. The van der Waals surface area contributed by atoms with Crippen molar-refractivity contribution in [1.82, 2.24) is 15.0 Å². The van der Waals surface area contributed by atoms with Gasteiger partial charge < -0.3 is 16.0 Å².